The maximum absolute atomic E-state index is 13.7. The van der Waals surface area contributed by atoms with E-state index in [1.54, 1.807) is 0 Å². The number of hydrogen-bond acceptors (Lipinski definition) is 15. The van der Waals surface area contributed by atoms with Crippen LogP contribution in [-0.4, -0.2) is 71.6 Å². The number of nitrogens with zero attached hydrogens (tertiary/aromatic N) is 3. The predicted octanol–water partition coefficient (Wildman–Crippen LogP) is 3.36. The molecule has 0 atom stereocenters. The second-order valence-corrected chi connectivity index (χ2v) is 13.3. The first-order valence-corrected chi connectivity index (χ1v) is 16.9. The van der Waals surface area contributed by atoms with Crippen LogP contribution in [0.1, 0.15) is 38.8 Å². The Kier molecular flexibility index (Phi) is 9.39. The van der Waals surface area contributed by atoms with Crippen LogP contribution in [-0.2, 0) is 29.8 Å². The van der Waals surface area contributed by atoms with Crippen molar-refractivity contribution in [2.24, 2.45) is 0 Å². The fraction of sp³-hybridized carbons (Fsp3) is 0.103. The molecule has 4 aromatic rings. The van der Waals surface area contributed by atoms with Gasteiger partial charge in [0.1, 0.15) is 23.0 Å². The van der Waals surface area contributed by atoms with Gasteiger partial charge in [0, 0.05) is 22.4 Å². The molecule has 0 amide bonds. The zero-order valence-corrected chi connectivity index (χ0v) is 27.3. The van der Waals surface area contributed by atoms with Crippen molar-refractivity contribution >= 4 is 78.1 Å². The highest BCUT2D eigenvalue weighted by molar-refractivity contribution is 7.86. The molecule has 20 heteroatoms. The van der Waals surface area contributed by atoms with Gasteiger partial charge in [-0.3, -0.25) is 18.7 Å². The number of nitrogens with one attached hydrogen (secondary N) is 2. The van der Waals surface area contributed by atoms with Gasteiger partial charge in [-0.2, -0.15) is 31.8 Å². The minimum Gasteiger partial charge on any atom is -0.460 e. The highest BCUT2D eigenvalue weighted by Gasteiger charge is 2.37. The number of carbonyl (C=O) groups is 3. The molecule has 0 saturated carbocycles. The largest absolute Gasteiger partial charge is 0.460 e. The summed E-state index contributed by atoms with van der Waals surface area (Å²) in [6, 6.07) is 9.38. The molecule has 254 valence electrons. The Bertz CT molecular complexity index is 2320. The van der Waals surface area contributed by atoms with E-state index in [1.165, 1.54) is 37.3 Å². The highest BCUT2D eigenvalue weighted by atomic mass is 35.5. The molecule has 3 aromatic carbocycles. The SMILES string of the molecule is C=C(C)C(=O)OCCOc1nc(Cl)nc(Nc2ccc(S(=O)(=O)O)c(Nc3cc(S(=O)(=O)O)c(N)c4c3C(=O)c3ccccc3C4=O)c2)n1. The van der Waals surface area contributed by atoms with Crippen LogP contribution in [0.3, 0.4) is 0 Å². The predicted molar refractivity (Wildman–Crippen MR) is 173 cm³/mol. The summed E-state index contributed by atoms with van der Waals surface area (Å²) < 4.78 is 79.5. The lowest BCUT2D eigenvalue weighted by molar-refractivity contribution is -0.139. The Labute approximate surface area is 282 Å². The molecule has 1 heterocycles. The number of nitrogens with two attached hydrogens (primary N) is 1. The molecule has 0 saturated heterocycles. The summed E-state index contributed by atoms with van der Waals surface area (Å²) in [4.78, 5) is 48.8. The van der Waals surface area contributed by atoms with Gasteiger partial charge in [0.05, 0.1) is 28.2 Å². The van der Waals surface area contributed by atoms with Gasteiger partial charge >= 0.3 is 12.0 Å². The summed E-state index contributed by atoms with van der Waals surface area (Å²) in [5, 5.41) is 5.00. The number of esters is 1. The van der Waals surface area contributed by atoms with Crippen molar-refractivity contribution in [1.29, 1.82) is 0 Å². The van der Waals surface area contributed by atoms with E-state index in [-0.39, 0.29) is 52.8 Å². The molecule has 0 bridgehead atoms. The van der Waals surface area contributed by atoms with Gasteiger partial charge in [0.2, 0.25) is 11.2 Å². The van der Waals surface area contributed by atoms with Crippen LogP contribution in [0.2, 0.25) is 5.28 Å². The number of ketones is 2. The molecule has 1 aromatic heterocycles. The number of hydrogen-bond donors (Lipinski definition) is 5. The van der Waals surface area contributed by atoms with Crippen molar-refractivity contribution < 1.29 is 49.8 Å². The van der Waals surface area contributed by atoms with Crippen LogP contribution in [0.4, 0.5) is 28.7 Å². The molecular weight excluding hydrogens is 708 g/mol. The zero-order valence-electron chi connectivity index (χ0n) is 24.9. The average Bonchev–Trinajstić information content (AvgIpc) is 3.01. The van der Waals surface area contributed by atoms with E-state index in [0.29, 0.717) is 0 Å². The van der Waals surface area contributed by atoms with E-state index in [2.05, 4.69) is 32.2 Å². The van der Waals surface area contributed by atoms with Crippen molar-refractivity contribution in [3.63, 3.8) is 0 Å². The van der Waals surface area contributed by atoms with Gasteiger partial charge in [0.15, 0.2) is 11.6 Å². The number of nitrogen functional groups attached to an aromatic ring is 1. The lowest BCUT2D eigenvalue weighted by atomic mass is 9.82. The summed E-state index contributed by atoms with van der Waals surface area (Å²) in [7, 11) is -10.1. The van der Waals surface area contributed by atoms with Crippen LogP contribution in [0.25, 0.3) is 0 Å². The van der Waals surface area contributed by atoms with E-state index in [1.807, 2.05) is 0 Å². The summed E-state index contributed by atoms with van der Waals surface area (Å²) in [5.74, 6) is -2.45. The molecule has 0 spiro atoms. The Morgan fingerprint density at radius 3 is 2.12 bits per heavy atom. The molecule has 49 heavy (non-hydrogen) atoms. The van der Waals surface area contributed by atoms with Gasteiger partial charge in [-0.15, -0.1) is 0 Å². The van der Waals surface area contributed by atoms with Crippen molar-refractivity contribution in [2.45, 2.75) is 16.7 Å². The third-order valence-electron chi connectivity index (χ3n) is 6.74. The number of anilines is 5. The number of carbonyl (C=O) groups excluding carboxylic acids is 3. The van der Waals surface area contributed by atoms with E-state index in [9.17, 15) is 40.3 Å². The van der Waals surface area contributed by atoms with Gasteiger partial charge in [-0.25, -0.2) is 4.79 Å². The molecule has 1 aliphatic carbocycles. The molecule has 6 N–H and O–H groups in total. The Morgan fingerprint density at radius 2 is 1.51 bits per heavy atom. The molecule has 17 nitrogen and oxygen atoms in total. The average molecular weight is 731 g/mol. The number of aromatic nitrogens is 3. The summed E-state index contributed by atoms with van der Waals surface area (Å²) >= 11 is 5.99. The number of rotatable bonds is 11. The molecule has 0 unspecified atom stereocenters. The molecule has 5 rings (SSSR count). The second kappa shape index (κ2) is 13.2. The number of fused-ring (bicyclic) bond motifs is 2. The van der Waals surface area contributed by atoms with Gasteiger partial charge in [-0.1, -0.05) is 30.8 Å². The van der Waals surface area contributed by atoms with E-state index in [4.69, 9.17) is 26.8 Å². The van der Waals surface area contributed by atoms with Crippen LogP contribution in [0.15, 0.2) is 70.5 Å². The van der Waals surface area contributed by atoms with Crippen LogP contribution >= 0.6 is 11.6 Å². The zero-order chi connectivity index (χ0) is 35.8. The fourth-order valence-corrected chi connectivity index (χ4v) is 6.08. The number of halogens is 1. The second-order valence-electron chi connectivity index (χ2n) is 10.2. The third-order valence-corrected chi connectivity index (χ3v) is 8.72. The first-order valence-electron chi connectivity index (χ1n) is 13.6. The molecular formula is C29H23ClN6O11S2. The molecule has 0 radical (unpaired) electrons. The lowest BCUT2D eigenvalue weighted by Crippen LogP contribution is -2.25. The summed E-state index contributed by atoms with van der Waals surface area (Å²) in [5.41, 5.74) is 3.55. The van der Waals surface area contributed by atoms with Crippen LogP contribution in [0.5, 0.6) is 6.01 Å². The normalized spacial score (nSPS) is 12.5. The maximum Gasteiger partial charge on any atom is 0.333 e. The van der Waals surface area contributed by atoms with Gasteiger partial charge in [0.25, 0.3) is 20.2 Å². The summed E-state index contributed by atoms with van der Waals surface area (Å²) in [6.45, 7) is 4.59. The van der Waals surface area contributed by atoms with E-state index < -0.39 is 75.8 Å². The monoisotopic (exact) mass is 730 g/mol. The minimum atomic E-state index is -5.10. The van der Waals surface area contributed by atoms with Crippen LogP contribution < -0.4 is 21.1 Å². The number of ether oxygens (including phenoxy) is 2. The fourth-order valence-electron chi connectivity index (χ4n) is 4.65. The Hall–Kier alpha value is -5.47. The maximum atomic E-state index is 13.7. The third kappa shape index (κ3) is 7.34. The number of benzene rings is 3. The van der Waals surface area contributed by atoms with E-state index >= 15 is 0 Å². The smallest absolute Gasteiger partial charge is 0.333 e. The van der Waals surface area contributed by atoms with Crippen LogP contribution in [0, 0.1) is 0 Å². The van der Waals surface area contributed by atoms with Crippen molar-refractivity contribution in [3.05, 3.63) is 88.2 Å². The molecule has 1 aliphatic rings. The summed E-state index contributed by atoms with van der Waals surface area (Å²) in [6.07, 6.45) is 0. The Balaban J connectivity index is 1.55. The quantitative estimate of drug-likeness (QED) is 0.0428. The lowest BCUT2D eigenvalue weighted by Gasteiger charge is -2.24. The van der Waals surface area contributed by atoms with Crippen molar-refractivity contribution in [2.75, 3.05) is 29.6 Å². The first-order chi connectivity index (χ1) is 23.0. The standard InChI is InChI=1S/C29H23ClN6O11S2/c1-13(2)26(39)46-9-10-47-29-35-27(30)34-28(36-29)32-14-7-8-19(48(40,41)42)17(11-14)33-18-12-20(49(43,44)45)23(31)22-21(18)24(37)15-5-3-4-6-16(15)25(22)38/h3-8,11-12,33H,1,9-10,31H2,2H3,(H,40,41,42)(H,43,44,45)(H,32,34,35,36). The molecule has 0 aliphatic heterocycles. The van der Waals surface area contributed by atoms with Crippen molar-refractivity contribution in [1.82, 2.24) is 15.0 Å². The highest BCUT2D eigenvalue weighted by Crippen LogP contribution is 2.41. The topological polar surface area (TPSA) is 267 Å². The molecule has 0 fully saturated rings. The Morgan fingerprint density at radius 1 is 0.878 bits per heavy atom. The van der Waals surface area contributed by atoms with Gasteiger partial charge < -0.3 is 25.8 Å². The van der Waals surface area contributed by atoms with Crippen molar-refractivity contribution in [3.8, 4) is 6.01 Å². The first kappa shape index (κ1) is 34.9. The van der Waals surface area contributed by atoms with Gasteiger partial charge in [-0.05, 0) is 42.8 Å². The minimum absolute atomic E-state index is 0.0468. The van der Waals surface area contributed by atoms with E-state index in [0.717, 1.165) is 18.2 Å².